The summed E-state index contributed by atoms with van der Waals surface area (Å²) in [4.78, 5) is 16.2. The van der Waals surface area contributed by atoms with E-state index in [1.54, 1.807) is 30.6 Å². The summed E-state index contributed by atoms with van der Waals surface area (Å²) in [5, 5.41) is 2.87. The van der Waals surface area contributed by atoms with Crippen molar-refractivity contribution >= 4 is 5.91 Å². The van der Waals surface area contributed by atoms with Crippen molar-refractivity contribution in [3.8, 4) is 0 Å². The van der Waals surface area contributed by atoms with Gasteiger partial charge < -0.3 is 5.32 Å². The molecule has 1 aliphatic carbocycles. The van der Waals surface area contributed by atoms with Gasteiger partial charge in [-0.1, -0.05) is 18.2 Å². The molecule has 3 rings (SSSR count). The normalized spacial score (nSPS) is 21.2. The molecule has 3 atom stereocenters. The van der Waals surface area contributed by atoms with Gasteiger partial charge in [-0.25, -0.2) is 0 Å². The maximum atomic E-state index is 13.1. The van der Waals surface area contributed by atoms with Gasteiger partial charge in [-0.05, 0) is 48.6 Å². The number of carbonyl (C=O) groups excluding carboxylic acids is 1. The second-order valence-corrected chi connectivity index (χ2v) is 6.04. The van der Waals surface area contributed by atoms with Gasteiger partial charge in [-0.3, -0.25) is 9.78 Å². The van der Waals surface area contributed by atoms with Crippen LogP contribution in [-0.4, -0.2) is 10.9 Å². The predicted molar refractivity (Wildman–Crippen MR) is 83.1 cm³/mol. The Morgan fingerprint density at radius 2 is 1.88 bits per heavy atom. The number of aromatic nitrogens is 1. The molecule has 1 N–H and O–H groups in total. The molecule has 1 aromatic carbocycles. The highest BCUT2D eigenvalue weighted by Crippen LogP contribution is 2.51. The molecule has 1 heterocycles. The van der Waals surface area contributed by atoms with E-state index in [9.17, 15) is 18.0 Å². The Kier molecular flexibility index (Phi) is 4.30. The van der Waals surface area contributed by atoms with Crippen LogP contribution in [0.5, 0.6) is 0 Å². The molecule has 1 saturated carbocycles. The molecule has 6 heteroatoms. The van der Waals surface area contributed by atoms with Crippen molar-refractivity contribution in [3.05, 3.63) is 65.5 Å². The lowest BCUT2D eigenvalue weighted by Gasteiger charge is -2.15. The van der Waals surface area contributed by atoms with E-state index in [0.29, 0.717) is 6.42 Å². The highest BCUT2D eigenvalue weighted by atomic mass is 19.4. The highest BCUT2D eigenvalue weighted by Gasteiger charge is 2.47. The molecule has 1 aliphatic rings. The smallest absolute Gasteiger partial charge is 0.349 e. The minimum absolute atomic E-state index is 0.207. The van der Waals surface area contributed by atoms with Gasteiger partial charge >= 0.3 is 6.18 Å². The first-order valence-electron chi connectivity index (χ1n) is 7.74. The summed E-state index contributed by atoms with van der Waals surface area (Å²) < 4.78 is 39.3. The molecule has 0 aliphatic heterocycles. The van der Waals surface area contributed by atoms with E-state index < -0.39 is 17.7 Å². The predicted octanol–water partition coefficient (Wildman–Crippen LogP) is 4.08. The molecule has 1 amide bonds. The van der Waals surface area contributed by atoms with Gasteiger partial charge in [0.2, 0.25) is 5.91 Å². The maximum Gasteiger partial charge on any atom is 0.416 e. The standard InChI is InChI=1S/C18H17F3N2O/c1-11(12-6-8-22-9-7-12)23-17(24)15-10-14(15)13-4-2-3-5-16(13)18(19,20)21/h2-9,11,14-15H,10H2,1H3,(H,23,24). The van der Waals surface area contributed by atoms with E-state index in [2.05, 4.69) is 10.3 Å². The lowest BCUT2D eigenvalue weighted by atomic mass is 10.0. The van der Waals surface area contributed by atoms with E-state index in [-0.39, 0.29) is 23.4 Å². The van der Waals surface area contributed by atoms with Crippen LogP contribution >= 0.6 is 0 Å². The number of amides is 1. The van der Waals surface area contributed by atoms with Crippen LogP contribution in [0.25, 0.3) is 0 Å². The quantitative estimate of drug-likeness (QED) is 0.915. The van der Waals surface area contributed by atoms with Crippen LogP contribution in [0.3, 0.4) is 0 Å². The Balaban J connectivity index is 1.69. The first-order chi connectivity index (χ1) is 11.4. The van der Waals surface area contributed by atoms with Crippen molar-refractivity contribution in [2.75, 3.05) is 0 Å². The second kappa shape index (κ2) is 6.26. The van der Waals surface area contributed by atoms with Crippen molar-refractivity contribution in [1.29, 1.82) is 0 Å². The minimum Gasteiger partial charge on any atom is -0.349 e. The number of nitrogens with zero attached hydrogens (tertiary/aromatic N) is 1. The third-order valence-corrected chi connectivity index (χ3v) is 4.36. The second-order valence-electron chi connectivity index (χ2n) is 6.04. The van der Waals surface area contributed by atoms with Gasteiger partial charge in [0, 0.05) is 18.3 Å². The Bertz CT molecular complexity index is 731. The van der Waals surface area contributed by atoms with Gasteiger partial charge in [-0.2, -0.15) is 13.2 Å². The van der Waals surface area contributed by atoms with Gasteiger partial charge in [-0.15, -0.1) is 0 Å². The third-order valence-electron chi connectivity index (χ3n) is 4.36. The summed E-state index contributed by atoms with van der Waals surface area (Å²) in [6.07, 6.45) is -0.679. The third kappa shape index (κ3) is 3.42. The van der Waals surface area contributed by atoms with Gasteiger partial charge in [0.05, 0.1) is 11.6 Å². The fourth-order valence-electron chi connectivity index (χ4n) is 2.96. The number of alkyl halides is 3. The molecular weight excluding hydrogens is 317 g/mol. The summed E-state index contributed by atoms with van der Waals surface area (Å²) in [5.41, 5.74) is 0.473. The number of hydrogen-bond acceptors (Lipinski definition) is 2. The molecule has 1 fully saturated rings. The van der Waals surface area contributed by atoms with E-state index in [1.165, 1.54) is 12.1 Å². The Morgan fingerprint density at radius 1 is 1.21 bits per heavy atom. The summed E-state index contributed by atoms with van der Waals surface area (Å²) in [6.45, 7) is 1.84. The first kappa shape index (κ1) is 16.5. The maximum absolute atomic E-state index is 13.1. The molecule has 2 aromatic rings. The van der Waals surface area contributed by atoms with Crippen LogP contribution < -0.4 is 5.32 Å². The molecule has 0 spiro atoms. The molecule has 0 saturated heterocycles. The molecule has 0 radical (unpaired) electrons. The lowest BCUT2D eigenvalue weighted by Crippen LogP contribution is -2.28. The summed E-state index contributed by atoms with van der Waals surface area (Å²) in [7, 11) is 0. The van der Waals surface area contributed by atoms with Gasteiger partial charge in [0.25, 0.3) is 0 Å². The topological polar surface area (TPSA) is 42.0 Å². The number of carbonyl (C=O) groups is 1. The molecule has 1 aromatic heterocycles. The van der Waals surface area contributed by atoms with Crippen molar-refractivity contribution in [2.24, 2.45) is 5.92 Å². The summed E-state index contributed by atoms with van der Waals surface area (Å²) in [5.74, 6) is -0.980. The molecule has 24 heavy (non-hydrogen) atoms. The Hall–Kier alpha value is -2.37. The fourth-order valence-corrected chi connectivity index (χ4v) is 2.96. The lowest BCUT2D eigenvalue weighted by molar-refractivity contribution is -0.138. The molecule has 3 unspecified atom stereocenters. The molecular formula is C18H17F3N2O. The number of pyridine rings is 1. The van der Waals surface area contributed by atoms with Crippen LogP contribution in [0.4, 0.5) is 13.2 Å². The fraction of sp³-hybridized carbons (Fsp3) is 0.333. The van der Waals surface area contributed by atoms with Crippen LogP contribution in [0.1, 0.15) is 42.0 Å². The van der Waals surface area contributed by atoms with Crippen molar-refractivity contribution in [3.63, 3.8) is 0 Å². The number of rotatable bonds is 4. The Labute approximate surface area is 137 Å². The van der Waals surface area contributed by atoms with Gasteiger partial charge in [0.15, 0.2) is 0 Å². The van der Waals surface area contributed by atoms with E-state index in [4.69, 9.17) is 0 Å². The number of hydrogen-bond donors (Lipinski definition) is 1. The molecule has 3 nitrogen and oxygen atoms in total. The summed E-state index contributed by atoms with van der Waals surface area (Å²) in [6, 6.07) is 8.88. The SMILES string of the molecule is CC(NC(=O)C1CC1c1ccccc1C(F)(F)F)c1ccncc1. The number of nitrogens with one attached hydrogen (secondary N) is 1. The van der Waals surface area contributed by atoms with Crippen LogP contribution in [0.2, 0.25) is 0 Å². The zero-order valence-corrected chi connectivity index (χ0v) is 13.0. The van der Waals surface area contributed by atoms with Crippen LogP contribution in [-0.2, 0) is 11.0 Å². The van der Waals surface area contributed by atoms with E-state index >= 15 is 0 Å². The van der Waals surface area contributed by atoms with Crippen molar-refractivity contribution in [2.45, 2.75) is 31.5 Å². The monoisotopic (exact) mass is 334 g/mol. The average Bonchev–Trinajstić information content (AvgIpc) is 3.35. The Morgan fingerprint density at radius 3 is 2.54 bits per heavy atom. The molecule has 126 valence electrons. The summed E-state index contributed by atoms with van der Waals surface area (Å²) >= 11 is 0. The van der Waals surface area contributed by atoms with Crippen molar-refractivity contribution in [1.82, 2.24) is 10.3 Å². The zero-order valence-electron chi connectivity index (χ0n) is 13.0. The van der Waals surface area contributed by atoms with Crippen LogP contribution in [0.15, 0.2) is 48.8 Å². The average molecular weight is 334 g/mol. The first-order valence-corrected chi connectivity index (χ1v) is 7.74. The number of benzene rings is 1. The highest BCUT2D eigenvalue weighted by molar-refractivity contribution is 5.83. The van der Waals surface area contributed by atoms with Crippen molar-refractivity contribution < 1.29 is 18.0 Å². The van der Waals surface area contributed by atoms with E-state index in [0.717, 1.165) is 11.6 Å². The zero-order chi connectivity index (χ0) is 17.3. The molecule has 0 bridgehead atoms. The van der Waals surface area contributed by atoms with Gasteiger partial charge in [0.1, 0.15) is 0 Å². The minimum atomic E-state index is -4.40. The van der Waals surface area contributed by atoms with Crippen LogP contribution in [0, 0.1) is 5.92 Å². The van der Waals surface area contributed by atoms with E-state index in [1.807, 2.05) is 6.92 Å². The number of halogens is 3. The largest absolute Gasteiger partial charge is 0.416 e.